The molecule has 1 heterocycles. The van der Waals surface area contributed by atoms with E-state index in [0.717, 1.165) is 37.0 Å². The second kappa shape index (κ2) is 5.03. The Kier molecular flexibility index (Phi) is 3.34. The van der Waals surface area contributed by atoms with E-state index in [4.69, 9.17) is 4.52 Å². The van der Waals surface area contributed by atoms with Crippen molar-refractivity contribution >= 4 is 10.0 Å². The van der Waals surface area contributed by atoms with Gasteiger partial charge in [-0.15, -0.1) is 0 Å². The third kappa shape index (κ3) is 2.80. The molecule has 4 aliphatic rings. The summed E-state index contributed by atoms with van der Waals surface area (Å²) in [5.41, 5.74) is 0.0192. The number of nitrogens with zero attached hydrogens (tertiary/aromatic N) is 2. The van der Waals surface area contributed by atoms with Crippen LogP contribution in [0.5, 0.6) is 0 Å². The predicted octanol–water partition coefficient (Wildman–Crippen LogP) is 2.01. The molecule has 22 heavy (non-hydrogen) atoms. The molecule has 1 N–H and O–H groups in total. The molecular weight excluding hydrogens is 302 g/mol. The minimum atomic E-state index is -3.31. The van der Waals surface area contributed by atoms with Crippen LogP contribution in [0.4, 0.5) is 0 Å². The molecule has 0 amide bonds. The van der Waals surface area contributed by atoms with E-state index in [1.165, 1.54) is 19.3 Å². The fourth-order valence-corrected chi connectivity index (χ4v) is 7.11. The quantitative estimate of drug-likeness (QED) is 0.895. The maximum atomic E-state index is 12.5. The summed E-state index contributed by atoms with van der Waals surface area (Å²) in [6, 6.07) is 0. The zero-order valence-corrected chi connectivity index (χ0v) is 13.7. The number of sulfonamides is 1. The van der Waals surface area contributed by atoms with Gasteiger partial charge in [0.15, 0.2) is 5.82 Å². The molecule has 4 aliphatic carbocycles. The van der Waals surface area contributed by atoms with Gasteiger partial charge in [-0.1, -0.05) is 5.16 Å². The molecular formula is C15H23N3O3S. The Morgan fingerprint density at radius 2 is 1.77 bits per heavy atom. The number of rotatable bonds is 5. The van der Waals surface area contributed by atoms with Crippen LogP contribution in [0.15, 0.2) is 4.52 Å². The first kappa shape index (κ1) is 14.6. The molecule has 4 saturated carbocycles. The van der Waals surface area contributed by atoms with Crippen molar-refractivity contribution in [2.24, 2.45) is 23.2 Å². The maximum absolute atomic E-state index is 12.5. The summed E-state index contributed by atoms with van der Waals surface area (Å²) in [6.07, 6.45) is 7.27. The normalized spacial score (nSPS) is 36.9. The van der Waals surface area contributed by atoms with E-state index in [2.05, 4.69) is 14.9 Å². The smallest absolute Gasteiger partial charge is 0.241 e. The molecule has 0 unspecified atom stereocenters. The van der Waals surface area contributed by atoms with Crippen molar-refractivity contribution < 1.29 is 12.9 Å². The highest BCUT2D eigenvalue weighted by atomic mass is 32.2. The van der Waals surface area contributed by atoms with Gasteiger partial charge >= 0.3 is 0 Å². The van der Waals surface area contributed by atoms with Gasteiger partial charge in [-0.2, -0.15) is 4.98 Å². The van der Waals surface area contributed by atoms with Gasteiger partial charge in [0.1, 0.15) is 0 Å². The highest BCUT2D eigenvalue weighted by Gasteiger charge is 2.52. The summed E-state index contributed by atoms with van der Waals surface area (Å²) in [6.45, 7) is 1.81. The fraction of sp³-hybridized carbons (Fsp3) is 0.867. The molecule has 5 rings (SSSR count). The van der Waals surface area contributed by atoms with E-state index in [0.29, 0.717) is 11.7 Å². The number of hydrogen-bond donors (Lipinski definition) is 1. The molecule has 0 radical (unpaired) electrons. The van der Waals surface area contributed by atoms with Crippen molar-refractivity contribution in [2.45, 2.75) is 52.0 Å². The van der Waals surface area contributed by atoms with E-state index >= 15 is 0 Å². The van der Waals surface area contributed by atoms with E-state index in [9.17, 15) is 8.42 Å². The van der Waals surface area contributed by atoms with Crippen molar-refractivity contribution in [1.29, 1.82) is 0 Å². The van der Waals surface area contributed by atoms with Crippen LogP contribution in [0, 0.1) is 30.1 Å². The molecule has 0 saturated heterocycles. The van der Waals surface area contributed by atoms with E-state index in [-0.39, 0.29) is 17.7 Å². The Morgan fingerprint density at radius 1 is 1.18 bits per heavy atom. The first-order chi connectivity index (χ1) is 10.4. The molecule has 4 fully saturated rings. The lowest BCUT2D eigenvalue weighted by Crippen LogP contribution is -2.50. The van der Waals surface area contributed by atoms with Crippen LogP contribution in [0.25, 0.3) is 0 Å². The third-order valence-electron chi connectivity index (χ3n) is 5.67. The molecule has 0 spiro atoms. The molecule has 1 aromatic heterocycles. The Labute approximate surface area is 131 Å². The Hall–Kier alpha value is -0.950. The zero-order valence-electron chi connectivity index (χ0n) is 12.9. The molecule has 7 heteroatoms. The fourth-order valence-electron chi connectivity index (χ4n) is 5.50. The van der Waals surface area contributed by atoms with Gasteiger partial charge in [-0.25, -0.2) is 13.1 Å². The number of aromatic nitrogens is 2. The van der Waals surface area contributed by atoms with Crippen molar-refractivity contribution in [3.8, 4) is 0 Å². The summed E-state index contributed by atoms with van der Waals surface area (Å²) < 4.78 is 32.6. The zero-order chi connectivity index (χ0) is 15.4. The van der Waals surface area contributed by atoms with Crippen LogP contribution >= 0.6 is 0 Å². The van der Waals surface area contributed by atoms with Gasteiger partial charge in [0.25, 0.3) is 0 Å². The molecule has 6 nitrogen and oxygen atoms in total. The lowest BCUT2D eigenvalue weighted by molar-refractivity contribution is -0.0391. The molecule has 122 valence electrons. The topological polar surface area (TPSA) is 85.1 Å². The standard InChI is InChI=1S/C15H23N3O3S/c1-10-17-14(21-18-10)8-16-22(19,20)9-15-5-11-2-12(6-15)4-13(3-11)7-15/h11-13,16H,2-9H2,1H3. The maximum Gasteiger partial charge on any atom is 0.241 e. The molecule has 4 bridgehead atoms. The van der Waals surface area contributed by atoms with Gasteiger partial charge in [0.2, 0.25) is 15.9 Å². The van der Waals surface area contributed by atoms with E-state index in [1.54, 1.807) is 6.92 Å². The molecule has 1 aromatic rings. The Bertz CT molecular complexity index is 632. The third-order valence-corrected chi connectivity index (χ3v) is 7.25. The van der Waals surface area contributed by atoms with Gasteiger partial charge in [-0.05, 0) is 68.6 Å². The van der Waals surface area contributed by atoms with Crippen molar-refractivity contribution in [3.05, 3.63) is 11.7 Å². The van der Waals surface area contributed by atoms with Crippen LogP contribution in [-0.2, 0) is 16.6 Å². The molecule has 0 atom stereocenters. The van der Waals surface area contributed by atoms with Crippen molar-refractivity contribution in [2.75, 3.05) is 5.75 Å². The minimum Gasteiger partial charge on any atom is -0.338 e. The first-order valence-electron chi connectivity index (χ1n) is 8.18. The lowest BCUT2D eigenvalue weighted by Gasteiger charge is -2.56. The summed E-state index contributed by atoms with van der Waals surface area (Å²) in [5.74, 6) is 3.40. The highest BCUT2D eigenvalue weighted by Crippen LogP contribution is 2.60. The van der Waals surface area contributed by atoms with Crippen LogP contribution in [0.1, 0.15) is 50.2 Å². The van der Waals surface area contributed by atoms with Crippen LogP contribution < -0.4 is 4.72 Å². The number of nitrogens with one attached hydrogen (secondary N) is 1. The van der Waals surface area contributed by atoms with Gasteiger partial charge in [-0.3, -0.25) is 0 Å². The SMILES string of the molecule is Cc1noc(CNS(=O)(=O)CC23CC4CC(CC(C4)C2)C3)n1. The van der Waals surface area contributed by atoms with Gasteiger partial charge in [0.05, 0.1) is 12.3 Å². The van der Waals surface area contributed by atoms with Gasteiger partial charge in [0, 0.05) is 0 Å². The highest BCUT2D eigenvalue weighted by molar-refractivity contribution is 7.89. The van der Waals surface area contributed by atoms with Crippen LogP contribution in [-0.4, -0.2) is 24.3 Å². The van der Waals surface area contributed by atoms with Crippen LogP contribution in [0.2, 0.25) is 0 Å². The predicted molar refractivity (Wildman–Crippen MR) is 80.3 cm³/mol. The number of hydrogen-bond acceptors (Lipinski definition) is 5. The van der Waals surface area contributed by atoms with E-state index in [1.807, 2.05) is 0 Å². The largest absolute Gasteiger partial charge is 0.338 e. The second-order valence-corrected chi connectivity index (χ2v) is 9.54. The second-order valence-electron chi connectivity index (χ2n) is 7.73. The summed E-state index contributed by atoms with van der Waals surface area (Å²) in [4.78, 5) is 4.04. The van der Waals surface area contributed by atoms with Crippen molar-refractivity contribution in [3.63, 3.8) is 0 Å². The average molecular weight is 325 g/mol. The number of aryl methyl sites for hydroxylation is 1. The lowest BCUT2D eigenvalue weighted by atomic mass is 9.50. The first-order valence-corrected chi connectivity index (χ1v) is 9.83. The Morgan fingerprint density at radius 3 is 2.27 bits per heavy atom. The van der Waals surface area contributed by atoms with Crippen LogP contribution in [0.3, 0.4) is 0 Å². The van der Waals surface area contributed by atoms with Crippen molar-refractivity contribution in [1.82, 2.24) is 14.9 Å². The summed E-state index contributed by atoms with van der Waals surface area (Å²) in [5, 5.41) is 3.68. The molecule has 0 aliphatic heterocycles. The monoisotopic (exact) mass is 325 g/mol. The average Bonchev–Trinajstić information content (AvgIpc) is 2.79. The van der Waals surface area contributed by atoms with E-state index < -0.39 is 10.0 Å². The Balaban J connectivity index is 1.43. The summed E-state index contributed by atoms with van der Waals surface area (Å²) >= 11 is 0. The minimum absolute atomic E-state index is 0.0192. The van der Waals surface area contributed by atoms with Gasteiger partial charge < -0.3 is 4.52 Å². The summed E-state index contributed by atoms with van der Waals surface area (Å²) in [7, 11) is -3.31. The molecule has 0 aromatic carbocycles.